The lowest BCUT2D eigenvalue weighted by Gasteiger charge is -2.33. The molecule has 1 aromatic rings. The molecule has 0 heterocycles. The summed E-state index contributed by atoms with van der Waals surface area (Å²) in [6, 6.07) is 5.45. The summed E-state index contributed by atoms with van der Waals surface area (Å²) < 4.78 is 0. The summed E-state index contributed by atoms with van der Waals surface area (Å²) >= 11 is 12.0. The van der Waals surface area contributed by atoms with Crippen molar-refractivity contribution in [1.29, 1.82) is 0 Å². The maximum absolute atomic E-state index is 12.9. The van der Waals surface area contributed by atoms with Gasteiger partial charge < -0.3 is 10.0 Å². The Bertz CT molecular complexity index is 610. The van der Waals surface area contributed by atoms with Crippen molar-refractivity contribution < 1.29 is 14.7 Å². The van der Waals surface area contributed by atoms with Crippen molar-refractivity contribution in [3.05, 3.63) is 33.8 Å². The van der Waals surface area contributed by atoms with Crippen LogP contribution in [0.2, 0.25) is 10.0 Å². The predicted octanol–water partition coefficient (Wildman–Crippen LogP) is 4.62. The van der Waals surface area contributed by atoms with Crippen molar-refractivity contribution in [3.8, 4) is 0 Å². The van der Waals surface area contributed by atoms with E-state index in [2.05, 4.69) is 0 Å². The Balaban J connectivity index is 2.05. The molecule has 1 fully saturated rings. The predicted molar refractivity (Wildman–Crippen MR) is 95.2 cm³/mol. The molecule has 132 valence electrons. The van der Waals surface area contributed by atoms with Gasteiger partial charge in [0, 0.05) is 18.5 Å². The second kappa shape index (κ2) is 8.21. The number of nitrogens with zero attached hydrogens (tertiary/aromatic N) is 1. The Morgan fingerprint density at radius 3 is 2.21 bits per heavy atom. The quantitative estimate of drug-likeness (QED) is 0.821. The molecule has 2 rings (SSSR count). The minimum Gasteiger partial charge on any atom is -0.481 e. The van der Waals surface area contributed by atoms with Crippen LogP contribution in [0.5, 0.6) is 0 Å². The molecule has 0 saturated heterocycles. The van der Waals surface area contributed by atoms with Gasteiger partial charge in [0.1, 0.15) is 0 Å². The van der Waals surface area contributed by atoms with Gasteiger partial charge in [0.05, 0.1) is 16.0 Å². The summed E-state index contributed by atoms with van der Waals surface area (Å²) in [7, 11) is 0. The van der Waals surface area contributed by atoms with Crippen molar-refractivity contribution in [2.45, 2.75) is 52.1 Å². The zero-order chi connectivity index (χ0) is 17.9. The van der Waals surface area contributed by atoms with Crippen LogP contribution in [0.15, 0.2) is 18.2 Å². The number of rotatable bonds is 5. The van der Waals surface area contributed by atoms with Gasteiger partial charge in [-0.15, -0.1) is 0 Å². The second-order valence-corrected chi connectivity index (χ2v) is 7.51. The summed E-state index contributed by atoms with van der Waals surface area (Å²) in [4.78, 5) is 25.8. The van der Waals surface area contributed by atoms with Crippen LogP contribution in [0.4, 0.5) is 0 Å². The minimum absolute atomic E-state index is 0.0594. The van der Waals surface area contributed by atoms with E-state index < -0.39 is 5.97 Å². The highest BCUT2D eigenvalue weighted by molar-refractivity contribution is 6.42. The van der Waals surface area contributed by atoms with Gasteiger partial charge in [0.2, 0.25) is 5.91 Å². The van der Waals surface area contributed by atoms with E-state index >= 15 is 0 Å². The number of carboxylic acid groups (broad SMARTS) is 1. The van der Waals surface area contributed by atoms with Crippen LogP contribution < -0.4 is 0 Å². The monoisotopic (exact) mass is 371 g/mol. The van der Waals surface area contributed by atoms with Gasteiger partial charge in [-0.1, -0.05) is 29.3 Å². The lowest BCUT2D eigenvalue weighted by molar-refractivity contribution is -0.146. The van der Waals surface area contributed by atoms with E-state index in [1.165, 1.54) is 0 Å². The molecule has 24 heavy (non-hydrogen) atoms. The maximum atomic E-state index is 12.9. The van der Waals surface area contributed by atoms with Crippen LogP contribution in [0.1, 0.15) is 45.1 Å². The first kappa shape index (κ1) is 19.1. The molecular formula is C18H23Cl2NO3. The number of aliphatic carboxylic acids is 1. The van der Waals surface area contributed by atoms with Crippen LogP contribution in [-0.2, 0) is 16.1 Å². The fraction of sp³-hybridized carbons (Fsp3) is 0.556. The summed E-state index contributed by atoms with van der Waals surface area (Å²) in [5.41, 5.74) is 0.936. The highest BCUT2D eigenvalue weighted by Gasteiger charge is 2.32. The molecule has 0 spiro atoms. The zero-order valence-corrected chi connectivity index (χ0v) is 15.5. The third-order valence-electron chi connectivity index (χ3n) is 4.67. The molecule has 1 aliphatic carbocycles. The molecule has 0 aromatic heterocycles. The van der Waals surface area contributed by atoms with E-state index in [9.17, 15) is 9.59 Å². The zero-order valence-electron chi connectivity index (χ0n) is 14.0. The number of hydrogen-bond acceptors (Lipinski definition) is 2. The Hall–Kier alpha value is -1.26. The summed E-state index contributed by atoms with van der Waals surface area (Å²) in [6.45, 7) is 4.45. The molecule has 0 radical (unpaired) electrons. The average Bonchev–Trinajstić information content (AvgIpc) is 2.55. The number of carboxylic acids is 1. The van der Waals surface area contributed by atoms with Crippen LogP contribution >= 0.6 is 23.2 Å². The standard InChI is InChI=1S/C18H23Cl2NO3/c1-11(2)21(10-12-3-8-15(19)16(20)9-12)17(22)13-4-6-14(7-5-13)18(23)24/h3,8-9,11,13-14H,4-7,10H2,1-2H3,(H,23,24). The van der Waals surface area contributed by atoms with Gasteiger partial charge in [0.25, 0.3) is 0 Å². The molecule has 1 N–H and O–H groups in total. The Morgan fingerprint density at radius 1 is 1.12 bits per heavy atom. The Labute approximate surface area is 152 Å². The number of amides is 1. The molecule has 0 aliphatic heterocycles. The van der Waals surface area contributed by atoms with Gasteiger partial charge in [-0.2, -0.15) is 0 Å². The van der Waals surface area contributed by atoms with E-state index in [1.807, 2.05) is 24.8 Å². The van der Waals surface area contributed by atoms with E-state index in [-0.39, 0.29) is 23.8 Å². The van der Waals surface area contributed by atoms with Crippen molar-refractivity contribution in [3.63, 3.8) is 0 Å². The summed E-state index contributed by atoms with van der Waals surface area (Å²) in [5, 5.41) is 10.1. The van der Waals surface area contributed by atoms with Crippen molar-refractivity contribution in [1.82, 2.24) is 4.90 Å². The number of carbonyl (C=O) groups excluding carboxylic acids is 1. The van der Waals surface area contributed by atoms with Crippen molar-refractivity contribution in [2.75, 3.05) is 0 Å². The largest absolute Gasteiger partial charge is 0.481 e. The highest BCUT2D eigenvalue weighted by atomic mass is 35.5. The first-order valence-electron chi connectivity index (χ1n) is 8.26. The minimum atomic E-state index is -0.752. The lowest BCUT2D eigenvalue weighted by Crippen LogP contribution is -2.41. The van der Waals surface area contributed by atoms with Crippen LogP contribution in [-0.4, -0.2) is 27.9 Å². The third kappa shape index (κ3) is 4.64. The highest BCUT2D eigenvalue weighted by Crippen LogP contribution is 2.31. The normalized spacial score (nSPS) is 20.9. The number of carbonyl (C=O) groups is 2. The van der Waals surface area contributed by atoms with E-state index in [1.54, 1.807) is 12.1 Å². The SMILES string of the molecule is CC(C)N(Cc1ccc(Cl)c(Cl)c1)C(=O)C1CCC(C(=O)O)CC1. The average molecular weight is 372 g/mol. The van der Waals surface area contributed by atoms with Crippen molar-refractivity contribution in [2.24, 2.45) is 11.8 Å². The maximum Gasteiger partial charge on any atom is 0.306 e. The molecule has 0 unspecified atom stereocenters. The summed E-state index contributed by atoms with van der Waals surface area (Å²) in [6.07, 6.45) is 2.43. The first-order valence-corrected chi connectivity index (χ1v) is 9.02. The van der Waals surface area contributed by atoms with Gasteiger partial charge in [-0.05, 0) is 57.2 Å². The van der Waals surface area contributed by atoms with Crippen LogP contribution in [0, 0.1) is 11.8 Å². The first-order chi connectivity index (χ1) is 11.3. The topological polar surface area (TPSA) is 57.6 Å². The summed E-state index contributed by atoms with van der Waals surface area (Å²) in [5.74, 6) is -1.06. The molecule has 1 aromatic carbocycles. The van der Waals surface area contributed by atoms with E-state index in [4.69, 9.17) is 28.3 Å². The molecule has 6 heteroatoms. The molecule has 4 nitrogen and oxygen atoms in total. The Kier molecular flexibility index (Phi) is 6.53. The molecule has 1 saturated carbocycles. The van der Waals surface area contributed by atoms with Crippen molar-refractivity contribution >= 4 is 35.1 Å². The fourth-order valence-electron chi connectivity index (χ4n) is 3.17. The fourth-order valence-corrected chi connectivity index (χ4v) is 3.49. The number of hydrogen-bond donors (Lipinski definition) is 1. The smallest absolute Gasteiger partial charge is 0.306 e. The van der Waals surface area contributed by atoms with E-state index in [0.717, 1.165) is 5.56 Å². The molecule has 1 aliphatic rings. The molecule has 1 amide bonds. The van der Waals surface area contributed by atoms with Gasteiger partial charge in [0.15, 0.2) is 0 Å². The lowest BCUT2D eigenvalue weighted by atomic mass is 9.81. The van der Waals surface area contributed by atoms with E-state index in [0.29, 0.717) is 42.3 Å². The van der Waals surface area contributed by atoms with Gasteiger partial charge in [-0.25, -0.2) is 0 Å². The molecule has 0 atom stereocenters. The van der Waals surface area contributed by atoms with Crippen LogP contribution in [0.25, 0.3) is 0 Å². The molecule has 0 bridgehead atoms. The van der Waals surface area contributed by atoms with Crippen LogP contribution in [0.3, 0.4) is 0 Å². The second-order valence-electron chi connectivity index (χ2n) is 6.70. The Morgan fingerprint density at radius 2 is 1.71 bits per heavy atom. The van der Waals surface area contributed by atoms with Gasteiger partial charge in [-0.3, -0.25) is 9.59 Å². The number of benzene rings is 1. The third-order valence-corrected chi connectivity index (χ3v) is 5.41. The molecular weight excluding hydrogens is 349 g/mol. The number of halogens is 2. The van der Waals surface area contributed by atoms with Gasteiger partial charge >= 0.3 is 5.97 Å².